The van der Waals surface area contributed by atoms with Gasteiger partial charge in [0.2, 0.25) is 0 Å². The van der Waals surface area contributed by atoms with Gasteiger partial charge in [-0.25, -0.2) is 4.39 Å². The zero-order chi connectivity index (χ0) is 31.9. The first kappa shape index (κ1) is 30.2. The maximum Gasteiger partial charge on any atom is 0.127 e. The van der Waals surface area contributed by atoms with Gasteiger partial charge in [-0.15, -0.1) is 0 Å². The molecule has 1 nitrogen and oxygen atoms in total. The Kier molecular flexibility index (Phi) is 7.07. The van der Waals surface area contributed by atoms with Crippen molar-refractivity contribution < 1.29 is 4.39 Å². The summed E-state index contributed by atoms with van der Waals surface area (Å²) in [5.74, 6) is -0.116. The van der Waals surface area contributed by atoms with Crippen molar-refractivity contribution in [1.29, 1.82) is 0 Å². The van der Waals surface area contributed by atoms with Crippen LogP contribution in [0.4, 0.5) is 21.5 Å². The Morgan fingerprint density at radius 2 is 1.00 bits per heavy atom. The van der Waals surface area contributed by atoms with Crippen molar-refractivity contribution in [1.82, 2.24) is 0 Å². The molecule has 0 aliphatic heterocycles. The van der Waals surface area contributed by atoms with Gasteiger partial charge in [0.1, 0.15) is 5.82 Å². The lowest BCUT2D eigenvalue weighted by Gasteiger charge is -2.44. The van der Waals surface area contributed by atoms with Gasteiger partial charge in [-0.2, -0.15) is 0 Å². The quantitative estimate of drug-likeness (QED) is 0.164. The second-order valence-electron chi connectivity index (χ2n) is 13.9. The van der Waals surface area contributed by atoms with E-state index in [1.807, 2.05) is 0 Å². The van der Waals surface area contributed by atoms with E-state index in [1.54, 1.807) is 6.07 Å². The van der Waals surface area contributed by atoms with E-state index in [1.165, 1.54) is 0 Å². The van der Waals surface area contributed by atoms with E-state index in [0.717, 1.165) is 69.8 Å². The average molecular weight is 722 g/mol. The maximum absolute atomic E-state index is 16.5. The largest absolute Gasteiger partial charge is 0.309 e. The summed E-state index contributed by atoms with van der Waals surface area (Å²) in [7, 11) is 0. The Balaban J connectivity index is 1.58. The lowest BCUT2D eigenvalue weighted by molar-refractivity contribution is 0.123. The van der Waals surface area contributed by atoms with E-state index in [-0.39, 0.29) is 22.1 Å². The molecule has 226 valence electrons. The van der Waals surface area contributed by atoms with E-state index in [0.29, 0.717) is 0 Å². The molecule has 0 unspecified atom stereocenters. The highest BCUT2D eigenvalue weighted by Crippen LogP contribution is 2.63. The Bertz CT molecular complexity index is 2010. The molecule has 0 aromatic heterocycles. The Morgan fingerprint density at radius 3 is 1.47 bits per heavy atom. The second-order valence-corrected chi connectivity index (χ2v) is 15.7. The zero-order valence-corrected chi connectivity index (χ0v) is 29.6. The van der Waals surface area contributed by atoms with Crippen molar-refractivity contribution in [2.75, 3.05) is 4.90 Å². The predicted molar refractivity (Wildman–Crippen MR) is 197 cm³/mol. The van der Waals surface area contributed by atoms with Crippen LogP contribution < -0.4 is 4.90 Å². The van der Waals surface area contributed by atoms with Crippen molar-refractivity contribution >= 4 is 70.5 Å². The van der Waals surface area contributed by atoms with E-state index < -0.39 is 0 Å². The van der Waals surface area contributed by atoms with Gasteiger partial charge in [-0.3, -0.25) is 0 Å². The standard InChI is InChI=1S/C41H36Br2FN/c1-39(2)34-23-25(24-35(44)37(34)40(3,4)41(39,5)6)36-30-11-7-9-13-32(30)38(33-14-10-8-12-31(33)36)45(28-19-15-26(42)16-20-28)29-21-17-27(43)18-22-29/h7-24H,1-6H3. The van der Waals surface area contributed by atoms with Crippen molar-refractivity contribution in [2.24, 2.45) is 5.41 Å². The minimum Gasteiger partial charge on any atom is -0.309 e. The monoisotopic (exact) mass is 719 g/mol. The topological polar surface area (TPSA) is 3.24 Å². The van der Waals surface area contributed by atoms with Crippen LogP contribution in [0.15, 0.2) is 118 Å². The highest BCUT2D eigenvalue weighted by atomic mass is 79.9. The third kappa shape index (κ3) is 4.43. The van der Waals surface area contributed by atoms with Crippen LogP contribution in [0.25, 0.3) is 32.7 Å². The summed E-state index contributed by atoms with van der Waals surface area (Å²) in [6.07, 6.45) is 0. The summed E-state index contributed by atoms with van der Waals surface area (Å²) in [6.45, 7) is 13.5. The van der Waals surface area contributed by atoms with Crippen LogP contribution in [0.5, 0.6) is 0 Å². The molecular formula is C41H36Br2FN. The first-order valence-corrected chi connectivity index (χ1v) is 17.0. The molecule has 1 aliphatic rings. The van der Waals surface area contributed by atoms with Crippen molar-refractivity contribution in [2.45, 2.75) is 52.4 Å². The van der Waals surface area contributed by atoms with Crippen molar-refractivity contribution in [3.63, 3.8) is 0 Å². The number of halogens is 3. The van der Waals surface area contributed by atoms with Crippen LogP contribution >= 0.6 is 31.9 Å². The molecule has 0 saturated carbocycles. The van der Waals surface area contributed by atoms with Gasteiger partial charge in [-0.1, -0.05) is 128 Å². The predicted octanol–water partition coefficient (Wildman–Crippen LogP) is 13.4. The summed E-state index contributed by atoms with van der Waals surface area (Å²) in [6, 6.07) is 38.1. The van der Waals surface area contributed by atoms with Gasteiger partial charge in [-0.05, 0) is 104 Å². The molecule has 0 heterocycles. The molecular weight excluding hydrogens is 685 g/mol. The Hall–Kier alpha value is -3.47. The molecule has 0 N–H and O–H groups in total. The fourth-order valence-corrected chi connectivity index (χ4v) is 8.08. The molecule has 0 atom stereocenters. The van der Waals surface area contributed by atoms with Crippen LogP contribution in [0, 0.1) is 11.2 Å². The van der Waals surface area contributed by atoms with Crippen molar-refractivity contribution in [3.8, 4) is 11.1 Å². The average Bonchev–Trinajstić information content (AvgIpc) is 3.12. The molecule has 7 rings (SSSR count). The fraction of sp³-hybridized carbons (Fsp3) is 0.220. The van der Waals surface area contributed by atoms with Crippen LogP contribution in [0.2, 0.25) is 0 Å². The second kappa shape index (κ2) is 10.5. The molecule has 4 heteroatoms. The van der Waals surface area contributed by atoms with Gasteiger partial charge in [0.25, 0.3) is 0 Å². The normalized spacial score (nSPS) is 16.2. The van der Waals surface area contributed by atoms with Gasteiger partial charge in [0.05, 0.1) is 5.69 Å². The molecule has 1 aliphatic carbocycles. The third-order valence-electron chi connectivity index (χ3n) is 11.1. The molecule has 0 spiro atoms. The summed E-state index contributed by atoms with van der Waals surface area (Å²) in [5.41, 5.74) is 6.50. The third-order valence-corrected chi connectivity index (χ3v) is 12.2. The zero-order valence-electron chi connectivity index (χ0n) is 26.5. The molecule has 0 radical (unpaired) electrons. The smallest absolute Gasteiger partial charge is 0.127 e. The summed E-state index contributed by atoms with van der Waals surface area (Å²) < 4.78 is 18.6. The lowest BCUT2D eigenvalue weighted by Crippen LogP contribution is -2.42. The maximum atomic E-state index is 16.5. The van der Waals surface area contributed by atoms with Gasteiger partial charge >= 0.3 is 0 Å². The summed E-state index contributed by atoms with van der Waals surface area (Å²) >= 11 is 7.25. The van der Waals surface area contributed by atoms with Gasteiger partial charge in [0, 0.05) is 31.1 Å². The number of hydrogen-bond acceptors (Lipinski definition) is 1. The van der Waals surface area contributed by atoms with Crippen LogP contribution in [0.3, 0.4) is 0 Å². The van der Waals surface area contributed by atoms with Crippen LogP contribution in [0.1, 0.15) is 52.7 Å². The lowest BCUT2D eigenvalue weighted by atomic mass is 9.59. The minimum absolute atomic E-state index is 0.116. The highest BCUT2D eigenvalue weighted by molar-refractivity contribution is 9.10. The first-order valence-electron chi connectivity index (χ1n) is 15.4. The summed E-state index contributed by atoms with van der Waals surface area (Å²) in [5, 5.41) is 4.41. The number of rotatable bonds is 4. The molecule has 0 amide bonds. The number of benzene rings is 6. The SMILES string of the molecule is CC1(C)c2cc(-c3c4ccccc4c(N(c4ccc(Br)cc4)c4ccc(Br)cc4)c4ccccc34)cc(F)c2C(C)(C)C1(C)C. The molecule has 6 aromatic rings. The molecule has 0 fully saturated rings. The minimum atomic E-state index is -0.307. The number of anilines is 3. The molecule has 0 bridgehead atoms. The molecule has 0 saturated heterocycles. The number of hydrogen-bond donors (Lipinski definition) is 0. The van der Waals surface area contributed by atoms with Crippen LogP contribution in [-0.4, -0.2) is 0 Å². The number of nitrogens with zero attached hydrogens (tertiary/aromatic N) is 1. The summed E-state index contributed by atoms with van der Waals surface area (Å²) in [4.78, 5) is 2.34. The molecule has 6 aromatic carbocycles. The van der Waals surface area contributed by atoms with Crippen molar-refractivity contribution in [3.05, 3.63) is 135 Å². The van der Waals surface area contributed by atoms with E-state index >= 15 is 4.39 Å². The first-order chi connectivity index (χ1) is 21.3. The number of fused-ring (bicyclic) bond motifs is 3. The Labute approximate surface area is 282 Å². The fourth-order valence-electron chi connectivity index (χ4n) is 7.55. The van der Waals surface area contributed by atoms with E-state index in [9.17, 15) is 0 Å². The highest BCUT2D eigenvalue weighted by Gasteiger charge is 2.58. The van der Waals surface area contributed by atoms with Gasteiger partial charge in [0.15, 0.2) is 0 Å². The van der Waals surface area contributed by atoms with E-state index in [4.69, 9.17) is 0 Å². The Morgan fingerprint density at radius 1 is 0.556 bits per heavy atom. The van der Waals surface area contributed by atoms with Gasteiger partial charge < -0.3 is 4.90 Å². The molecule has 45 heavy (non-hydrogen) atoms. The van der Waals surface area contributed by atoms with Crippen LogP contribution in [-0.2, 0) is 10.8 Å². The van der Waals surface area contributed by atoms with E-state index in [2.05, 4.69) is 181 Å².